The summed E-state index contributed by atoms with van der Waals surface area (Å²) in [6.45, 7) is 1.01. The molecule has 0 unspecified atom stereocenters. The van der Waals surface area contributed by atoms with Gasteiger partial charge in [0.1, 0.15) is 22.5 Å². The number of hydrogen-bond donors (Lipinski definition) is 4. The number of fused-ring (bicyclic) bond motifs is 1. The molecule has 1 atom stereocenters. The molecule has 210 valence electrons. The summed E-state index contributed by atoms with van der Waals surface area (Å²) in [6, 6.07) is 4.70. The molecule has 1 aromatic carbocycles. The number of piperidine rings is 1. The first kappa shape index (κ1) is 26.1. The van der Waals surface area contributed by atoms with Crippen molar-refractivity contribution in [2.24, 2.45) is 5.41 Å². The van der Waals surface area contributed by atoms with E-state index in [1.54, 1.807) is 18.2 Å². The number of methoxy groups -OCH3 is 1. The molecule has 4 aliphatic heterocycles. The number of amides is 6. The molecule has 41 heavy (non-hydrogen) atoms. The number of nitrogen functional groups attached to an aromatic ring is 1. The van der Waals surface area contributed by atoms with Gasteiger partial charge in [0.05, 0.1) is 25.3 Å². The molecule has 0 radical (unpaired) electrons. The van der Waals surface area contributed by atoms with Gasteiger partial charge in [-0.05, 0) is 30.5 Å². The third kappa shape index (κ3) is 4.45. The quantitative estimate of drug-likeness (QED) is 0.212. The zero-order valence-corrected chi connectivity index (χ0v) is 22.1. The van der Waals surface area contributed by atoms with Gasteiger partial charge in [-0.2, -0.15) is 4.98 Å². The Morgan fingerprint density at radius 3 is 2.51 bits per heavy atom. The van der Waals surface area contributed by atoms with E-state index in [4.69, 9.17) is 10.5 Å². The number of nitrogens with one attached hydrogen (secondary N) is 3. The Labute approximate surface area is 234 Å². The van der Waals surface area contributed by atoms with Gasteiger partial charge >= 0.3 is 6.03 Å². The first-order valence-corrected chi connectivity index (χ1v) is 13.0. The Balaban J connectivity index is 1.20. The summed E-state index contributed by atoms with van der Waals surface area (Å²) in [7, 11) is 1.51. The standard InChI is InChI=1S/C27H26N8O6/c1-41-17-3-2-16-13-35(21(37)18(16)10-17)14-26(11-19(36)30-22(26)38)5-4-15-12-29-24(31-20(15)28)34-8-6-27(7-9-34)23(39)32-25(40)33-27/h2-3,10,12H,6-9,11,13-14H2,1H3,(H2,28,29,31)(H,30,36,38)(H2,32,33,39,40)/t26-/m1/s1. The highest BCUT2D eigenvalue weighted by molar-refractivity contribution is 6.09. The molecule has 0 bridgehead atoms. The van der Waals surface area contributed by atoms with Crippen molar-refractivity contribution in [1.82, 2.24) is 30.8 Å². The van der Waals surface area contributed by atoms with Gasteiger partial charge in [0, 0.05) is 31.7 Å². The number of imide groups is 2. The van der Waals surface area contributed by atoms with Crippen LogP contribution in [0.25, 0.3) is 0 Å². The average molecular weight is 559 g/mol. The molecular weight excluding hydrogens is 532 g/mol. The second kappa shape index (κ2) is 9.47. The van der Waals surface area contributed by atoms with Gasteiger partial charge in [0.2, 0.25) is 17.8 Å². The van der Waals surface area contributed by atoms with Crippen molar-refractivity contribution in [3.05, 3.63) is 41.1 Å². The average Bonchev–Trinajstić information content (AvgIpc) is 3.52. The smallest absolute Gasteiger partial charge is 0.322 e. The molecule has 14 nitrogen and oxygen atoms in total. The molecular formula is C27H26N8O6. The van der Waals surface area contributed by atoms with Crippen molar-refractivity contribution >= 4 is 41.4 Å². The molecule has 0 aliphatic carbocycles. The van der Waals surface area contributed by atoms with E-state index in [1.807, 2.05) is 4.90 Å². The maximum absolute atomic E-state index is 13.1. The van der Waals surface area contributed by atoms with Crippen LogP contribution in [0.3, 0.4) is 0 Å². The lowest BCUT2D eigenvalue weighted by Gasteiger charge is -2.36. The summed E-state index contributed by atoms with van der Waals surface area (Å²) in [4.78, 5) is 74.2. The highest BCUT2D eigenvalue weighted by atomic mass is 16.5. The van der Waals surface area contributed by atoms with Gasteiger partial charge in [-0.15, -0.1) is 0 Å². The number of urea groups is 1. The SMILES string of the molecule is COc1ccc2c(c1)C(=O)N(C[C@@]1(C#Cc3cnc(N4CCC5(CC4)NC(=O)NC5=O)nc3N)CC(=O)NC1=O)C2. The highest BCUT2D eigenvalue weighted by Crippen LogP contribution is 2.34. The monoisotopic (exact) mass is 558 g/mol. The van der Waals surface area contributed by atoms with E-state index in [9.17, 15) is 24.0 Å². The van der Waals surface area contributed by atoms with Crippen LogP contribution in [-0.2, 0) is 20.9 Å². The zero-order chi connectivity index (χ0) is 28.9. The molecule has 6 rings (SSSR count). The van der Waals surface area contributed by atoms with E-state index >= 15 is 0 Å². The van der Waals surface area contributed by atoms with E-state index in [1.165, 1.54) is 18.2 Å². The molecule has 3 fully saturated rings. The third-order valence-corrected chi connectivity index (χ3v) is 7.96. The van der Waals surface area contributed by atoms with E-state index in [0.717, 1.165) is 5.56 Å². The van der Waals surface area contributed by atoms with Crippen molar-refractivity contribution in [2.75, 3.05) is 37.4 Å². The number of nitrogens with two attached hydrogens (primary N) is 1. The maximum atomic E-state index is 13.1. The maximum Gasteiger partial charge on any atom is 0.322 e. The number of anilines is 2. The molecule has 4 aliphatic rings. The lowest BCUT2D eigenvalue weighted by Crippen LogP contribution is -2.55. The fourth-order valence-electron chi connectivity index (χ4n) is 5.62. The van der Waals surface area contributed by atoms with E-state index in [0.29, 0.717) is 43.2 Å². The second-order valence-corrected chi connectivity index (χ2v) is 10.5. The lowest BCUT2D eigenvalue weighted by atomic mass is 9.85. The molecule has 3 saturated heterocycles. The van der Waals surface area contributed by atoms with Crippen molar-refractivity contribution < 1.29 is 28.7 Å². The first-order valence-electron chi connectivity index (χ1n) is 13.0. The lowest BCUT2D eigenvalue weighted by molar-refractivity contribution is -0.127. The molecule has 5 heterocycles. The molecule has 1 aromatic heterocycles. The van der Waals surface area contributed by atoms with Crippen LogP contribution in [0.15, 0.2) is 24.4 Å². The predicted octanol–water partition coefficient (Wildman–Crippen LogP) is -0.714. The van der Waals surface area contributed by atoms with Crippen LogP contribution in [0.2, 0.25) is 0 Å². The van der Waals surface area contributed by atoms with Crippen molar-refractivity contribution in [2.45, 2.75) is 31.3 Å². The van der Waals surface area contributed by atoms with Gasteiger partial charge in [0.15, 0.2) is 0 Å². The zero-order valence-electron chi connectivity index (χ0n) is 22.1. The Bertz CT molecular complexity index is 1590. The van der Waals surface area contributed by atoms with Gasteiger partial charge in [-0.1, -0.05) is 17.9 Å². The third-order valence-electron chi connectivity index (χ3n) is 7.96. The van der Waals surface area contributed by atoms with E-state index < -0.39 is 28.8 Å². The van der Waals surface area contributed by atoms with Gasteiger partial charge in [-0.25, -0.2) is 9.78 Å². The Morgan fingerprint density at radius 1 is 1.10 bits per heavy atom. The molecule has 14 heteroatoms. The molecule has 6 amide bonds. The summed E-state index contributed by atoms with van der Waals surface area (Å²) in [5.74, 6) is 5.05. The van der Waals surface area contributed by atoms with Crippen LogP contribution in [0.4, 0.5) is 16.6 Å². The molecule has 2 aromatic rings. The van der Waals surface area contributed by atoms with Crippen LogP contribution in [0.5, 0.6) is 5.75 Å². The molecule has 0 saturated carbocycles. The Kier molecular flexibility index (Phi) is 6.02. The summed E-state index contributed by atoms with van der Waals surface area (Å²) in [5, 5.41) is 7.29. The van der Waals surface area contributed by atoms with Crippen molar-refractivity contribution in [3.63, 3.8) is 0 Å². The number of hydrogen-bond acceptors (Lipinski definition) is 10. The number of nitrogens with zero attached hydrogens (tertiary/aromatic N) is 4. The molecule has 1 spiro atoms. The largest absolute Gasteiger partial charge is 0.497 e. The normalized spacial score (nSPS) is 22.7. The number of carbonyl (C=O) groups excluding carboxylic acids is 5. The summed E-state index contributed by atoms with van der Waals surface area (Å²) in [5.41, 5.74) is 5.32. The number of carbonyl (C=O) groups is 5. The first-order chi connectivity index (χ1) is 19.6. The topological polar surface area (TPSA) is 189 Å². The highest BCUT2D eigenvalue weighted by Gasteiger charge is 2.49. The van der Waals surface area contributed by atoms with Crippen LogP contribution >= 0.6 is 0 Å². The number of aromatic nitrogens is 2. The fraction of sp³-hybridized carbons (Fsp3) is 0.370. The summed E-state index contributed by atoms with van der Waals surface area (Å²) in [6.07, 6.45) is 1.99. The number of benzene rings is 1. The Hall–Kier alpha value is -5.19. The Morgan fingerprint density at radius 2 is 1.88 bits per heavy atom. The minimum atomic E-state index is -1.47. The van der Waals surface area contributed by atoms with Gasteiger partial charge < -0.3 is 25.6 Å². The fourth-order valence-corrected chi connectivity index (χ4v) is 5.62. The second-order valence-electron chi connectivity index (χ2n) is 10.5. The van der Waals surface area contributed by atoms with Crippen molar-refractivity contribution in [1.29, 1.82) is 0 Å². The molecule has 5 N–H and O–H groups in total. The van der Waals surface area contributed by atoms with Gasteiger partial charge in [0.25, 0.3) is 11.8 Å². The van der Waals surface area contributed by atoms with E-state index in [2.05, 4.69) is 37.8 Å². The van der Waals surface area contributed by atoms with Crippen LogP contribution in [-0.4, -0.2) is 76.8 Å². The minimum absolute atomic E-state index is 0.0753. The summed E-state index contributed by atoms with van der Waals surface area (Å²) < 4.78 is 5.22. The van der Waals surface area contributed by atoms with Gasteiger partial charge in [-0.3, -0.25) is 29.8 Å². The van der Waals surface area contributed by atoms with E-state index in [-0.39, 0.29) is 42.7 Å². The van der Waals surface area contributed by atoms with Crippen molar-refractivity contribution in [3.8, 4) is 17.6 Å². The number of ether oxygens (including phenoxy) is 1. The summed E-state index contributed by atoms with van der Waals surface area (Å²) >= 11 is 0. The van der Waals surface area contributed by atoms with Crippen LogP contribution < -0.4 is 31.3 Å². The predicted molar refractivity (Wildman–Crippen MR) is 142 cm³/mol. The van der Waals surface area contributed by atoms with Crippen LogP contribution in [0.1, 0.15) is 40.7 Å². The van der Waals surface area contributed by atoms with Crippen LogP contribution in [0, 0.1) is 17.3 Å². The number of rotatable bonds is 4. The minimum Gasteiger partial charge on any atom is -0.497 e.